The van der Waals surface area contributed by atoms with Crippen LogP contribution in [-0.4, -0.2) is 28.8 Å². The Morgan fingerprint density at radius 1 is 1.35 bits per heavy atom. The number of aliphatic hydroxyl groups excluding tert-OH is 1. The molecular weight excluding hydrogens is 301 g/mol. The molecule has 0 spiro atoms. The normalized spacial score (nSPS) is 12.0. The molecule has 0 saturated carbocycles. The molecule has 1 aromatic carbocycles. The summed E-state index contributed by atoms with van der Waals surface area (Å²) in [4.78, 5) is 7.77. The molecule has 2 N–H and O–H groups in total. The highest BCUT2D eigenvalue weighted by Crippen LogP contribution is 2.29. The molecule has 0 unspecified atom stereocenters. The van der Waals surface area contributed by atoms with Gasteiger partial charge in [-0.05, 0) is 17.7 Å². The smallest absolute Gasteiger partial charge is 0.224 e. The van der Waals surface area contributed by atoms with Gasteiger partial charge in [-0.3, -0.25) is 0 Å². The van der Waals surface area contributed by atoms with Crippen LogP contribution in [0.4, 0.5) is 5.82 Å². The lowest BCUT2D eigenvalue weighted by molar-refractivity contribution is 0.273. The number of nitrogens with zero attached hydrogens (tertiary/aromatic N) is 2. The number of hydrogen-bond acceptors (Lipinski definition) is 5. The van der Waals surface area contributed by atoms with E-state index in [2.05, 4.69) is 15.3 Å². The van der Waals surface area contributed by atoms with Gasteiger partial charge in [0.15, 0.2) is 0 Å². The monoisotopic (exact) mass is 313 g/mol. The minimum absolute atomic E-state index is 0.0774. The highest BCUT2D eigenvalue weighted by Gasteiger charge is 2.17. The quantitative estimate of drug-likeness (QED) is 0.831. The van der Waals surface area contributed by atoms with Crippen LogP contribution in [0.15, 0.2) is 30.5 Å². The van der Waals surface area contributed by atoms with E-state index >= 15 is 0 Å². The minimum Gasteiger partial charge on any atom is -0.496 e. The second kappa shape index (κ2) is 6.74. The Hall–Kier alpha value is -1.56. The second-order valence-corrected chi connectivity index (χ2v) is 4.70. The van der Waals surface area contributed by atoms with Gasteiger partial charge in [0.05, 0.1) is 26.0 Å². The van der Waals surface area contributed by atoms with Gasteiger partial charge in [0.2, 0.25) is 5.28 Å². The summed E-state index contributed by atoms with van der Waals surface area (Å²) in [6.45, 7) is -0.154. The van der Waals surface area contributed by atoms with E-state index in [9.17, 15) is 5.11 Å². The first-order chi connectivity index (χ1) is 9.65. The molecule has 7 heteroatoms. The average molecular weight is 314 g/mol. The lowest BCUT2D eigenvalue weighted by Crippen LogP contribution is -2.17. The van der Waals surface area contributed by atoms with E-state index in [1.807, 2.05) is 24.3 Å². The van der Waals surface area contributed by atoms with Crippen LogP contribution in [0.2, 0.25) is 10.3 Å². The van der Waals surface area contributed by atoms with Crippen molar-refractivity contribution in [3.63, 3.8) is 0 Å². The SMILES string of the molecule is COc1ccccc1[C@@H](CO)Nc1nc(Cl)ncc1Cl. The molecular formula is C13H13Cl2N3O2. The maximum absolute atomic E-state index is 9.58. The Labute approximate surface area is 126 Å². The lowest BCUT2D eigenvalue weighted by atomic mass is 10.1. The third-order valence-electron chi connectivity index (χ3n) is 2.72. The van der Waals surface area contributed by atoms with Crippen LogP contribution in [0.3, 0.4) is 0 Å². The largest absolute Gasteiger partial charge is 0.496 e. The first-order valence-corrected chi connectivity index (χ1v) is 6.59. The molecule has 0 aliphatic rings. The Morgan fingerprint density at radius 3 is 2.80 bits per heavy atom. The van der Waals surface area contributed by atoms with Crippen molar-refractivity contribution in [2.24, 2.45) is 0 Å². The summed E-state index contributed by atoms with van der Waals surface area (Å²) in [5, 5.41) is 13.0. The van der Waals surface area contributed by atoms with Crippen molar-refractivity contribution in [1.29, 1.82) is 0 Å². The van der Waals surface area contributed by atoms with Gasteiger partial charge in [0, 0.05) is 5.56 Å². The average Bonchev–Trinajstić information content (AvgIpc) is 2.48. The fraction of sp³-hybridized carbons (Fsp3) is 0.231. The summed E-state index contributed by atoms with van der Waals surface area (Å²) >= 11 is 11.7. The van der Waals surface area contributed by atoms with Gasteiger partial charge in [-0.15, -0.1) is 0 Å². The van der Waals surface area contributed by atoms with Crippen molar-refractivity contribution in [2.75, 3.05) is 19.0 Å². The lowest BCUT2D eigenvalue weighted by Gasteiger charge is -2.20. The number of aliphatic hydroxyl groups is 1. The number of anilines is 1. The Bertz CT molecular complexity index is 596. The topological polar surface area (TPSA) is 67.3 Å². The zero-order valence-electron chi connectivity index (χ0n) is 10.7. The Balaban J connectivity index is 2.31. The second-order valence-electron chi connectivity index (χ2n) is 3.96. The van der Waals surface area contributed by atoms with Crippen molar-refractivity contribution < 1.29 is 9.84 Å². The van der Waals surface area contributed by atoms with Gasteiger partial charge in [-0.25, -0.2) is 4.98 Å². The standard InChI is InChI=1S/C13H13Cl2N3O2/c1-20-11-5-3-2-4-8(11)10(7-19)17-12-9(14)6-16-13(15)18-12/h2-6,10,19H,7H2,1H3,(H,16,17,18)/t10-/m1/s1. The molecule has 0 aliphatic carbocycles. The molecule has 1 atom stereocenters. The number of nitrogens with one attached hydrogen (secondary N) is 1. The molecule has 1 aromatic heterocycles. The molecule has 0 bridgehead atoms. The maximum Gasteiger partial charge on any atom is 0.224 e. The Morgan fingerprint density at radius 2 is 2.10 bits per heavy atom. The van der Waals surface area contributed by atoms with Crippen LogP contribution < -0.4 is 10.1 Å². The fourth-order valence-corrected chi connectivity index (χ4v) is 2.07. The van der Waals surface area contributed by atoms with E-state index < -0.39 is 6.04 Å². The summed E-state index contributed by atoms with van der Waals surface area (Å²) in [7, 11) is 1.57. The summed E-state index contributed by atoms with van der Waals surface area (Å²) < 4.78 is 5.28. The summed E-state index contributed by atoms with van der Waals surface area (Å²) in [6.07, 6.45) is 1.40. The predicted molar refractivity (Wildman–Crippen MR) is 78.5 cm³/mol. The van der Waals surface area contributed by atoms with Gasteiger partial charge in [-0.1, -0.05) is 29.8 Å². The van der Waals surface area contributed by atoms with E-state index in [1.54, 1.807) is 7.11 Å². The van der Waals surface area contributed by atoms with Crippen molar-refractivity contribution in [2.45, 2.75) is 6.04 Å². The van der Waals surface area contributed by atoms with E-state index in [4.69, 9.17) is 27.9 Å². The van der Waals surface area contributed by atoms with Crippen LogP contribution in [0, 0.1) is 0 Å². The van der Waals surface area contributed by atoms with E-state index in [0.717, 1.165) is 5.56 Å². The van der Waals surface area contributed by atoms with Gasteiger partial charge in [0.1, 0.15) is 16.6 Å². The number of halogens is 2. The molecule has 1 heterocycles. The van der Waals surface area contributed by atoms with Crippen LogP contribution in [0.25, 0.3) is 0 Å². The highest BCUT2D eigenvalue weighted by molar-refractivity contribution is 6.33. The number of rotatable bonds is 5. The molecule has 106 valence electrons. The van der Waals surface area contributed by atoms with Crippen molar-refractivity contribution in [3.8, 4) is 5.75 Å². The third kappa shape index (κ3) is 3.30. The molecule has 0 aliphatic heterocycles. The maximum atomic E-state index is 9.58. The number of ether oxygens (including phenoxy) is 1. The fourth-order valence-electron chi connectivity index (χ4n) is 1.79. The Kier molecular flexibility index (Phi) is 5.00. The zero-order chi connectivity index (χ0) is 14.5. The summed E-state index contributed by atoms with van der Waals surface area (Å²) in [5.41, 5.74) is 0.795. The summed E-state index contributed by atoms with van der Waals surface area (Å²) in [5.74, 6) is 1.02. The molecule has 0 saturated heterocycles. The van der Waals surface area contributed by atoms with E-state index in [1.165, 1.54) is 6.20 Å². The number of hydrogen-bond donors (Lipinski definition) is 2. The predicted octanol–water partition coefficient (Wildman–Crippen LogP) is 2.94. The molecule has 2 rings (SSSR count). The first-order valence-electron chi connectivity index (χ1n) is 5.84. The molecule has 5 nitrogen and oxygen atoms in total. The van der Waals surface area contributed by atoms with E-state index in [-0.39, 0.29) is 11.9 Å². The molecule has 2 aromatic rings. The van der Waals surface area contributed by atoms with Crippen LogP contribution >= 0.6 is 23.2 Å². The first kappa shape index (κ1) is 14.8. The number of para-hydroxylation sites is 1. The summed E-state index contributed by atoms with van der Waals surface area (Å²) in [6, 6.07) is 6.95. The van der Waals surface area contributed by atoms with Gasteiger partial charge in [0.25, 0.3) is 0 Å². The van der Waals surface area contributed by atoms with Gasteiger partial charge >= 0.3 is 0 Å². The molecule has 0 fully saturated rings. The molecule has 20 heavy (non-hydrogen) atoms. The van der Waals surface area contributed by atoms with Crippen LogP contribution in [0.1, 0.15) is 11.6 Å². The number of benzene rings is 1. The minimum atomic E-state index is -0.422. The number of methoxy groups -OCH3 is 1. The van der Waals surface area contributed by atoms with Crippen molar-refractivity contribution >= 4 is 29.0 Å². The van der Waals surface area contributed by atoms with Crippen molar-refractivity contribution in [1.82, 2.24) is 9.97 Å². The van der Waals surface area contributed by atoms with Crippen molar-refractivity contribution in [3.05, 3.63) is 46.3 Å². The van der Waals surface area contributed by atoms with Crippen LogP contribution in [0.5, 0.6) is 5.75 Å². The van der Waals surface area contributed by atoms with Gasteiger partial charge in [-0.2, -0.15) is 4.98 Å². The van der Waals surface area contributed by atoms with Gasteiger partial charge < -0.3 is 15.2 Å². The zero-order valence-corrected chi connectivity index (χ0v) is 12.2. The molecule has 0 amide bonds. The molecule has 0 radical (unpaired) electrons. The van der Waals surface area contributed by atoms with Crippen LogP contribution in [-0.2, 0) is 0 Å². The third-order valence-corrected chi connectivity index (χ3v) is 3.18. The van der Waals surface area contributed by atoms with E-state index in [0.29, 0.717) is 16.6 Å². The number of aromatic nitrogens is 2. The highest BCUT2D eigenvalue weighted by atomic mass is 35.5.